The number of esters is 1. The lowest BCUT2D eigenvalue weighted by molar-refractivity contribution is -0.151. The average Bonchev–Trinajstić information content (AvgIpc) is 3.29. The zero-order valence-corrected chi connectivity index (χ0v) is 26.7. The van der Waals surface area contributed by atoms with Crippen LogP contribution in [0.2, 0.25) is 0 Å². The average molecular weight is 555 g/mol. The van der Waals surface area contributed by atoms with Crippen LogP contribution in [-0.4, -0.2) is 17.9 Å². The Bertz CT molecular complexity index is 859. The number of rotatable bonds is 16. The third kappa shape index (κ3) is 7.44. The van der Waals surface area contributed by atoms with E-state index in [1.165, 1.54) is 96.3 Å². The normalized spacial score (nSPS) is 34.9. The molecule has 0 unspecified atom stereocenters. The van der Waals surface area contributed by atoms with Gasteiger partial charge in [-0.2, -0.15) is 0 Å². The van der Waals surface area contributed by atoms with Gasteiger partial charge in [-0.25, -0.2) is 0 Å². The number of carbonyl (C=O) groups is 2. The fourth-order valence-corrected chi connectivity index (χ4v) is 9.93. The van der Waals surface area contributed by atoms with Crippen LogP contribution in [0.15, 0.2) is 11.6 Å². The summed E-state index contributed by atoms with van der Waals surface area (Å²) in [4.78, 5) is 25.1. The number of fused-ring (bicyclic) bond motifs is 5. The largest absolute Gasteiger partial charge is 0.462 e. The maximum Gasteiger partial charge on any atom is 0.306 e. The fourth-order valence-electron chi connectivity index (χ4n) is 9.93. The number of ketones is 1. The van der Waals surface area contributed by atoms with E-state index in [2.05, 4.69) is 26.8 Å². The Labute approximate surface area is 247 Å². The van der Waals surface area contributed by atoms with Crippen molar-refractivity contribution in [2.24, 2.45) is 34.5 Å². The van der Waals surface area contributed by atoms with Gasteiger partial charge in [-0.1, -0.05) is 109 Å². The van der Waals surface area contributed by atoms with Crippen LogP contribution < -0.4 is 0 Å². The number of carbonyl (C=O) groups excluding carboxylic acids is 2. The first kappa shape index (κ1) is 31.8. The molecule has 0 heterocycles. The summed E-state index contributed by atoms with van der Waals surface area (Å²) in [7, 11) is 0. The summed E-state index contributed by atoms with van der Waals surface area (Å²) in [5.41, 5.74) is 2.05. The highest BCUT2D eigenvalue weighted by molar-refractivity contribution is 5.79. The first-order chi connectivity index (χ1) is 19.3. The van der Waals surface area contributed by atoms with Crippen molar-refractivity contribution in [3.8, 4) is 0 Å². The van der Waals surface area contributed by atoms with Crippen LogP contribution in [0.1, 0.15) is 169 Å². The van der Waals surface area contributed by atoms with Gasteiger partial charge in [0.2, 0.25) is 0 Å². The number of unbranched alkanes of at least 4 members (excludes halogenated alkanes) is 12. The Hall–Kier alpha value is -1.12. The molecule has 0 bridgehead atoms. The molecule has 40 heavy (non-hydrogen) atoms. The minimum Gasteiger partial charge on any atom is -0.462 e. The molecule has 0 amide bonds. The molecule has 0 aromatic heterocycles. The van der Waals surface area contributed by atoms with Gasteiger partial charge in [0.15, 0.2) is 0 Å². The smallest absolute Gasteiger partial charge is 0.306 e. The summed E-state index contributed by atoms with van der Waals surface area (Å²) in [6.45, 7) is 9.06. The zero-order valence-electron chi connectivity index (χ0n) is 26.7. The van der Waals surface area contributed by atoms with E-state index in [1.807, 2.05) is 6.92 Å². The predicted octanol–water partition coefficient (Wildman–Crippen LogP) is 10.5. The van der Waals surface area contributed by atoms with E-state index in [4.69, 9.17) is 4.74 Å². The Kier molecular flexibility index (Phi) is 11.8. The predicted molar refractivity (Wildman–Crippen MR) is 166 cm³/mol. The Morgan fingerprint density at radius 2 is 1.43 bits per heavy atom. The van der Waals surface area contributed by atoms with Crippen molar-refractivity contribution < 1.29 is 14.3 Å². The molecular formula is C37H62O3. The minimum absolute atomic E-state index is 0.0284. The third-order valence-corrected chi connectivity index (χ3v) is 12.3. The van der Waals surface area contributed by atoms with Gasteiger partial charge < -0.3 is 4.74 Å². The molecule has 0 spiro atoms. The maximum atomic E-state index is 12.7. The Morgan fingerprint density at radius 3 is 2.05 bits per heavy atom. The highest BCUT2D eigenvalue weighted by Gasteiger charge is 2.59. The fraction of sp³-hybridized carbons (Fsp3) is 0.892. The van der Waals surface area contributed by atoms with E-state index < -0.39 is 0 Å². The first-order valence-electron chi connectivity index (χ1n) is 17.7. The molecule has 0 radical (unpaired) electrons. The summed E-state index contributed by atoms with van der Waals surface area (Å²) < 4.78 is 6.04. The summed E-state index contributed by atoms with van der Waals surface area (Å²) in [5, 5.41) is 0. The second kappa shape index (κ2) is 14.9. The van der Waals surface area contributed by atoms with Gasteiger partial charge in [-0.15, -0.1) is 0 Å². The third-order valence-electron chi connectivity index (χ3n) is 12.3. The molecule has 4 aliphatic rings. The van der Waals surface area contributed by atoms with E-state index in [9.17, 15) is 9.59 Å². The molecule has 3 fully saturated rings. The van der Waals surface area contributed by atoms with E-state index in [1.54, 1.807) is 5.57 Å². The maximum absolute atomic E-state index is 12.7. The standard InChI is InChI=1S/C37H62O3/c1-5-6-7-8-9-10-11-12-13-14-15-16-17-18-35(39)40-30-23-25-36(3)29(27-30)19-20-31-33-22-21-32(28(2)38)37(33,4)26-24-34(31)36/h19,30-34H,5-18,20-27H2,1-4H3/t30-,31-,32+,33-,34-,36-,37+/m0/s1. The number of hydrogen-bond acceptors (Lipinski definition) is 3. The SMILES string of the molecule is CCCCCCCCCCCCCCCC(=O)O[C@H]1CC[C@@]2(C)C(=CC[C@H]3[C@@H]4CC[C@H](C(C)=O)[C@@]4(C)CC[C@@H]32)C1. The molecule has 3 saturated carbocycles. The van der Waals surface area contributed by atoms with Crippen LogP contribution in [-0.2, 0) is 14.3 Å². The van der Waals surface area contributed by atoms with Crippen LogP contribution >= 0.6 is 0 Å². The van der Waals surface area contributed by atoms with Gasteiger partial charge in [0, 0.05) is 18.8 Å². The van der Waals surface area contributed by atoms with Gasteiger partial charge in [0.05, 0.1) is 0 Å². The Morgan fingerprint density at radius 1 is 0.800 bits per heavy atom. The molecule has 0 aromatic carbocycles. The van der Waals surface area contributed by atoms with Gasteiger partial charge in [0.1, 0.15) is 11.9 Å². The lowest BCUT2D eigenvalue weighted by Crippen LogP contribution is -2.51. The van der Waals surface area contributed by atoms with Crippen molar-refractivity contribution in [3.63, 3.8) is 0 Å². The van der Waals surface area contributed by atoms with Crippen molar-refractivity contribution in [1.82, 2.24) is 0 Å². The van der Waals surface area contributed by atoms with Gasteiger partial charge in [-0.3, -0.25) is 9.59 Å². The van der Waals surface area contributed by atoms with E-state index >= 15 is 0 Å². The first-order valence-corrected chi connectivity index (χ1v) is 17.7. The van der Waals surface area contributed by atoms with Crippen molar-refractivity contribution in [2.75, 3.05) is 0 Å². The number of hydrogen-bond donors (Lipinski definition) is 0. The second-order valence-corrected chi connectivity index (χ2v) is 14.9. The number of Topliss-reactive ketones (excluding diaryl/α,β-unsaturated/α-hetero) is 1. The molecular weight excluding hydrogens is 492 g/mol. The van der Waals surface area contributed by atoms with Crippen LogP contribution in [0.4, 0.5) is 0 Å². The summed E-state index contributed by atoms with van der Waals surface area (Å²) >= 11 is 0. The van der Waals surface area contributed by atoms with E-state index in [-0.39, 0.29) is 28.8 Å². The van der Waals surface area contributed by atoms with Crippen LogP contribution in [0.5, 0.6) is 0 Å². The molecule has 0 aromatic rings. The zero-order chi connectivity index (χ0) is 28.6. The van der Waals surface area contributed by atoms with Crippen LogP contribution in [0.3, 0.4) is 0 Å². The molecule has 4 aliphatic carbocycles. The van der Waals surface area contributed by atoms with Crippen molar-refractivity contribution in [1.29, 1.82) is 0 Å². The molecule has 7 atom stereocenters. The lowest BCUT2D eigenvalue weighted by atomic mass is 9.47. The molecule has 3 heteroatoms. The number of ether oxygens (including phenoxy) is 1. The van der Waals surface area contributed by atoms with Crippen molar-refractivity contribution in [2.45, 2.75) is 175 Å². The molecule has 228 valence electrons. The molecule has 3 nitrogen and oxygen atoms in total. The quantitative estimate of drug-likeness (QED) is 0.108. The summed E-state index contributed by atoms with van der Waals surface area (Å²) in [6, 6.07) is 0. The van der Waals surface area contributed by atoms with Crippen LogP contribution in [0.25, 0.3) is 0 Å². The number of allylic oxidation sites excluding steroid dienone is 1. The molecule has 0 saturated heterocycles. The Balaban J connectivity index is 1.12. The molecule has 4 rings (SSSR count). The van der Waals surface area contributed by atoms with Crippen molar-refractivity contribution in [3.05, 3.63) is 11.6 Å². The van der Waals surface area contributed by atoms with Gasteiger partial charge in [-0.05, 0) is 86.9 Å². The van der Waals surface area contributed by atoms with E-state index in [0.29, 0.717) is 18.1 Å². The van der Waals surface area contributed by atoms with Crippen molar-refractivity contribution >= 4 is 11.8 Å². The van der Waals surface area contributed by atoms with E-state index in [0.717, 1.165) is 50.4 Å². The van der Waals surface area contributed by atoms with Gasteiger partial charge >= 0.3 is 5.97 Å². The highest BCUT2D eigenvalue weighted by Crippen LogP contribution is 2.66. The minimum atomic E-state index is 0.0284. The molecule has 0 N–H and O–H groups in total. The van der Waals surface area contributed by atoms with Crippen LogP contribution in [0, 0.1) is 34.5 Å². The lowest BCUT2D eigenvalue weighted by Gasteiger charge is -2.58. The van der Waals surface area contributed by atoms with Gasteiger partial charge in [0.25, 0.3) is 0 Å². The summed E-state index contributed by atoms with van der Waals surface area (Å²) in [5.74, 6) is 2.89. The topological polar surface area (TPSA) is 43.4 Å². The summed E-state index contributed by atoms with van der Waals surface area (Å²) in [6.07, 6.45) is 29.6. The second-order valence-electron chi connectivity index (χ2n) is 14.9. The highest BCUT2D eigenvalue weighted by atomic mass is 16.5. The monoisotopic (exact) mass is 554 g/mol. The molecule has 0 aliphatic heterocycles.